The molecule has 0 spiro atoms. The number of furan rings is 1. The average molecular weight is 211 g/mol. The van der Waals surface area contributed by atoms with Crippen LogP contribution >= 0.6 is 0 Å². The van der Waals surface area contributed by atoms with Crippen molar-refractivity contribution < 1.29 is 14.3 Å². The third kappa shape index (κ3) is 2.21. The highest BCUT2D eigenvalue weighted by atomic mass is 16.3. The predicted octanol–water partition coefficient (Wildman–Crippen LogP) is 1.43. The fourth-order valence-corrected chi connectivity index (χ4v) is 1.13. The van der Waals surface area contributed by atoms with E-state index in [0.29, 0.717) is 5.76 Å². The third-order valence-corrected chi connectivity index (χ3v) is 2.66. The Hall–Kier alpha value is -1.29. The first-order valence-corrected chi connectivity index (χ1v) is 4.83. The monoisotopic (exact) mass is 211 g/mol. The second-order valence-electron chi connectivity index (χ2n) is 4.27. The van der Waals surface area contributed by atoms with Crippen LogP contribution in [-0.2, 0) is 0 Å². The molecule has 0 radical (unpaired) electrons. The Morgan fingerprint density at radius 3 is 2.60 bits per heavy atom. The topological polar surface area (TPSA) is 53.7 Å². The van der Waals surface area contributed by atoms with Gasteiger partial charge in [-0.15, -0.1) is 0 Å². The quantitative estimate of drug-likeness (QED) is 0.822. The summed E-state index contributed by atoms with van der Waals surface area (Å²) in [6.07, 6.45) is 1.49. The zero-order valence-corrected chi connectivity index (χ0v) is 9.57. The maximum atomic E-state index is 12.0. The van der Waals surface area contributed by atoms with Gasteiger partial charge in [0, 0.05) is 12.6 Å². The number of carbonyl (C=O) groups excluding carboxylic acids is 1. The lowest BCUT2D eigenvalue weighted by Gasteiger charge is -2.33. The van der Waals surface area contributed by atoms with Crippen molar-refractivity contribution in [3.8, 4) is 0 Å². The van der Waals surface area contributed by atoms with Crippen LogP contribution in [0.15, 0.2) is 16.7 Å². The molecule has 1 N–H and O–H groups in total. The smallest absolute Gasteiger partial charge is 0.290 e. The fraction of sp³-hybridized carbons (Fsp3) is 0.545. The molecule has 4 nitrogen and oxygen atoms in total. The van der Waals surface area contributed by atoms with Crippen LogP contribution in [0.2, 0.25) is 0 Å². The van der Waals surface area contributed by atoms with E-state index >= 15 is 0 Å². The molecule has 1 amide bonds. The maximum absolute atomic E-state index is 12.0. The lowest BCUT2D eigenvalue weighted by molar-refractivity contribution is 0.0443. The minimum absolute atomic E-state index is 0.0883. The van der Waals surface area contributed by atoms with Gasteiger partial charge in [-0.25, -0.2) is 0 Å². The number of carbonyl (C=O) groups is 1. The molecule has 0 bridgehead atoms. The molecule has 1 aromatic rings. The van der Waals surface area contributed by atoms with Crippen LogP contribution in [-0.4, -0.2) is 35.1 Å². The molecule has 0 fully saturated rings. The van der Waals surface area contributed by atoms with E-state index in [-0.39, 0.29) is 12.5 Å². The largest absolute Gasteiger partial charge is 0.459 e. The first-order chi connectivity index (χ1) is 6.90. The highest BCUT2D eigenvalue weighted by molar-refractivity contribution is 5.93. The molecule has 1 aromatic heterocycles. The van der Waals surface area contributed by atoms with Crippen LogP contribution in [0.4, 0.5) is 0 Å². The van der Waals surface area contributed by atoms with E-state index in [2.05, 4.69) is 0 Å². The third-order valence-electron chi connectivity index (χ3n) is 2.66. The minimum Gasteiger partial charge on any atom is -0.459 e. The normalized spacial score (nSPS) is 11.5. The molecule has 1 heterocycles. The lowest BCUT2D eigenvalue weighted by Crippen LogP contribution is -2.47. The summed E-state index contributed by atoms with van der Waals surface area (Å²) in [5, 5.41) is 9.16. The van der Waals surface area contributed by atoms with Crippen LogP contribution in [0.5, 0.6) is 0 Å². The van der Waals surface area contributed by atoms with Gasteiger partial charge in [0.25, 0.3) is 5.91 Å². The first kappa shape index (κ1) is 11.8. The van der Waals surface area contributed by atoms with Crippen molar-refractivity contribution >= 4 is 5.91 Å². The number of aliphatic hydroxyl groups is 1. The van der Waals surface area contributed by atoms with Crippen LogP contribution in [0, 0.1) is 6.92 Å². The Labute approximate surface area is 89.5 Å². The molecule has 0 aliphatic heterocycles. The van der Waals surface area contributed by atoms with Gasteiger partial charge < -0.3 is 14.4 Å². The molecule has 0 atom stereocenters. The van der Waals surface area contributed by atoms with Gasteiger partial charge in [0.15, 0.2) is 5.76 Å². The number of aliphatic hydroxyl groups excluding tert-OH is 1. The van der Waals surface area contributed by atoms with E-state index < -0.39 is 5.54 Å². The summed E-state index contributed by atoms with van der Waals surface area (Å²) in [5.41, 5.74) is 0.219. The second-order valence-corrected chi connectivity index (χ2v) is 4.27. The molecule has 4 heteroatoms. The number of amides is 1. The van der Waals surface area contributed by atoms with Gasteiger partial charge in [-0.05, 0) is 26.8 Å². The number of likely N-dealkylation sites (N-methyl/N-ethyl adjacent to an activating group) is 1. The zero-order chi connectivity index (χ0) is 11.6. The molecule has 0 aromatic carbocycles. The summed E-state index contributed by atoms with van der Waals surface area (Å²) in [5.74, 6) is 0.121. The van der Waals surface area contributed by atoms with Gasteiger partial charge in [0.2, 0.25) is 0 Å². The van der Waals surface area contributed by atoms with Crippen molar-refractivity contribution in [3.05, 3.63) is 23.7 Å². The summed E-state index contributed by atoms with van der Waals surface area (Å²) < 4.78 is 5.11. The Kier molecular flexibility index (Phi) is 3.19. The summed E-state index contributed by atoms with van der Waals surface area (Å²) in [7, 11) is 1.65. The van der Waals surface area contributed by atoms with Crippen LogP contribution < -0.4 is 0 Å². The average Bonchev–Trinajstić information content (AvgIpc) is 2.62. The molecule has 0 saturated heterocycles. The van der Waals surface area contributed by atoms with Crippen LogP contribution in [0.25, 0.3) is 0 Å². The second kappa shape index (κ2) is 4.06. The fourth-order valence-electron chi connectivity index (χ4n) is 1.13. The Morgan fingerprint density at radius 1 is 1.60 bits per heavy atom. The zero-order valence-electron chi connectivity index (χ0n) is 9.57. The number of hydrogen-bond acceptors (Lipinski definition) is 3. The van der Waals surface area contributed by atoms with Crippen molar-refractivity contribution in [1.29, 1.82) is 0 Å². The van der Waals surface area contributed by atoms with Crippen molar-refractivity contribution in [1.82, 2.24) is 4.90 Å². The minimum atomic E-state index is -0.587. The summed E-state index contributed by atoms with van der Waals surface area (Å²) in [4.78, 5) is 13.4. The number of nitrogens with zero attached hydrogens (tertiary/aromatic N) is 1. The highest BCUT2D eigenvalue weighted by Crippen LogP contribution is 2.17. The van der Waals surface area contributed by atoms with Gasteiger partial charge in [-0.1, -0.05) is 0 Å². The SMILES string of the molecule is Cc1ccoc1C(=O)N(C)C(C)(C)CO. The van der Waals surface area contributed by atoms with Gasteiger partial charge in [-0.2, -0.15) is 0 Å². The van der Waals surface area contributed by atoms with Crippen molar-refractivity contribution in [2.75, 3.05) is 13.7 Å². The van der Waals surface area contributed by atoms with Gasteiger partial charge in [0.1, 0.15) is 0 Å². The molecule has 0 aliphatic rings. The highest BCUT2D eigenvalue weighted by Gasteiger charge is 2.29. The first-order valence-electron chi connectivity index (χ1n) is 4.83. The summed E-state index contributed by atoms with van der Waals surface area (Å²) >= 11 is 0. The summed E-state index contributed by atoms with van der Waals surface area (Å²) in [6, 6.07) is 1.74. The van der Waals surface area contributed by atoms with Crippen molar-refractivity contribution in [3.63, 3.8) is 0 Å². The van der Waals surface area contributed by atoms with Crippen LogP contribution in [0.1, 0.15) is 30.0 Å². The Morgan fingerprint density at radius 2 is 2.20 bits per heavy atom. The van der Waals surface area contributed by atoms with E-state index in [9.17, 15) is 4.79 Å². The standard InChI is InChI=1S/C11H17NO3/c1-8-5-6-15-9(8)10(14)12(4)11(2,3)7-13/h5-6,13H,7H2,1-4H3. The molecular weight excluding hydrogens is 194 g/mol. The summed E-state index contributed by atoms with van der Waals surface area (Å²) in [6.45, 7) is 5.32. The molecule has 15 heavy (non-hydrogen) atoms. The Balaban J connectivity index is 2.92. The van der Waals surface area contributed by atoms with E-state index in [1.165, 1.54) is 11.2 Å². The molecule has 1 rings (SSSR count). The van der Waals surface area contributed by atoms with E-state index in [4.69, 9.17) is 9.52 Å². The molecule has 0 aliphatic carbocycles. The number of aryl methyl sites for hydroxylation is 1. The van der Waals surface area contributed by atoms with Gasteiger partial charge >= 0.3 is 0 Å². The van der Waals surface area contributed by atoms with Crippen molar-refractivity contribution in [2.45, 2.75) is 26.3 Å². The van der Waals surface area contributed by atoms with Gasteiger partial charge in [0.05, 0.1) is 18.4 Å². The van der Waals surface area contributed by atoms with E-state index in [1.807, 2.05) is 6.92 Å². The molecule has 84 valence electrons. The Bertz CT molecular complexity index is 354. The maximum Gasteiger partial charge on any atom is 0.290 e. The number of rotatable bonds is 3. The molecule has 0 saturated carbocycles. The van der Waals surface area contributed by atoms with Crippen LogP contribution in [0.3, 0.4) is 0 Å². The molecule has 0 unspecified atom stereocenters. The lowest BCUT2D eigenvalue weighted by atomic mass is 10.0. The van der Waals surface area contributed by atoms with Gasteiger partial charge in [-0.3, -0.25) is 4.79 Å². The predicted molar refractivity (Wildman–Crippen MR) is 56.7 cm³/mol. The molecular formula is C11H17NO3. The van der Waals surface area contributed by atoms with Crippen molar-refractivity contribution in [2.24, 2.45) is 0 Å². The van der Waals surface area contributed by atoms with E-state index in [0.717, 1.165) is 5.56 Å². The van der Waals surface area contributed by atoms with E-state index in [1.54, 1.807) is 27.0 Å². The number of hydrogen-bond donors (Lipinski definition) is 1.